The van der Waals surface area contributed by atoms with Gasteiger partial charge < -0.3 is 10.2 Å². The topological polar surface area (TPSA) is 49.4 Å². The third-order valence-electron chi connectivity index (χ3n) is 4.71. The largest absolute Gasteiger partial charge is 0.416 e. The summed E-state index contributed by atoms with van der Waals surface area (Å²) in [4.78, 5) is 27.6. The summed E-state index contributed by atoms with van der Waals surface area (Å²) in [6.07, 6.45) is -4.11. The Morgan fingerprint density at radius 3 is 2.23 bits per heavy atom. The highest BCUT2D eigenvalue weighted by molar-refractivity contribution is 7.12. The second kappa shape index (κ2) is 9.78. The number of benzene rings is 2. The Hall–Kier alpha value is -3.13. The smallest absolute Gasteiger partial charge is 0.340 e. The fourth-order valence-electron chi connectivity index (χ4n) is 3.10. The average Bonchev–Trinajstić information content (AvgIpc) is 3.28. The first-order valence-corrected chi connectivity index (χ1v) is 10.4. The van der Waals surface area contributed by atoms with Crippen molar-refractivity contribution in [1.82, 2.24) is 10.2 Å². The molecule has 1 N–H and O–H groups in total. The van der Waals surface area contributed by atoms with E-state index in [4.69, 9.17) is 0 Å². The number of alkyl halides is 3. The molecule has 0 saturated heterocycles. The van der Waals surface area contributed by atoms with Crippen LogP contribution in [-0.2, 0) is 23.9 Å². The van der Waals surface area contributed by atoms with Gasteiger partial charge in [0.15, 0.2) is 0 Å². The maximum atomic E-state index is 13.1. The fraction of sp³-hybridized carbons (Fsp3) is 0.217. The van der Waals surface area contributed by atoms with Crippen LogP contribution in [0.4, 0.5) is 13.2 Å². The van der Waals surface area contributed by atoms with Crippen LogP contribution in [0.1, 0.15) is 26.4 Å². The van der Waals surface area contributed by atoms with Crippen molar-refractivity contribution in [2.24, 2.45) is 0 Å². The van der Waals surface area contributed by atoms with Crippen LogP contribution in [0.25, 0.3) is 0 Å². The van der Waals surface area contributed by atoms with Crippen LogP contribution < -0.4 is 5.32 Å². The Morgan fingerprint density at radius 2 is 1.65 bits per heavy atom. The number of rotatable bonds is 7. The van der Waals surface area contributed by atoms with E-state index in [2.05, 4.69) is 5.32 Å². The van der Waals surface area contributed by atoms with E-state index in [9.17, 15) is 22.8 Å². The molecule has 2 amide bonds. The van der Waals surface area contributed by atoms with E-state index in [-0.39, 0.29) is 18.4 Å². The summed E-state index contributed by atoms with van der Waals surface area (Å²) < 4.78 is 38.3. The van der Waals surface area contributed by atoms with Gasteiger partial charge in [-0.05, 0) is 34.7 Å². The zero-order valence-electron chi connectivity index (χ0n) is 16.7. The number of carbonyl (C=O) groups is 2. The van der Waals surface area contributed by atoms with Gasteiger partial charge >= 0.3 is 6.18 Å². The Bertz CT molecular complexity index is 1000. The van der Waals surface area contributed by atoms with Crippen LogP contribution in [0.3, 0.4) is 0 Å². The van der Waals surface area contributed by atoms with E-state index >= 15 is 0 Å². The summed E-state index contributed by atoms with van der Waals surface area (Å²) in [5.41, 5.74) is 0.706. The minimum absolute atomic E-state index is 0.122. The fourth-order valence-corrected chi connectivity index (χ4v) is 3.73. The molecule has 0 aliphatic carbocycles. The first-order chi connectivity index (χ1) is 14.7. The average molecular weight is 446 g/mol. The third-order valence-corrected chi connectivity index (χ3v) is 5.58. The summed E-state index contributed by atoms with van der Waals surface area (Å²) in [6.45, 7) is 0.122. The monoisotopic (exact) mass is 446 g/mol. The van der Waals surface area contributed by atoms with Crippen molar-refractivity contribution in [2.45, 2.75) is 25.2 Å². The first-order valence-electron chi connectivity index (χ1n) is 9.53. The second-order valence-electron chi connectivity index (χ2n) is 7.08. The molecule has 162 valence electrons. The van der Waals surface area contributed by atoms with E-state index in [0.717, 1.165) is 17.7 Å². The maximum Gasteiger partial charge on any atom is 0.416 e. The molecule has 0 unspecified atom stereocenters. The molecular formula is C23H21F3N2O2S. The van der Waals surface area contributed by atoms with E-state index in [0.29, 0.717) is 16.9 Å². The second-order valence-corrected chi connectivity index (χ2v) is 8.03. The van der Waals surface area contributed by atoms with Crippen molar-refractivity contribution in [3.05, 3.63) is 93.7 Å². The Labute approximate surface area is 182 Å². The van der Waals surface area contributed by atoms with Crippen LogP contribution in [0.2, 0.25) is 0 Å². The van der Waals surface area contributed by atoms with Gasteiger partial charge in [0, 0.05) is 20.0 Å². The molecule has 2 aromatic carbocycles. The number of hydrogen-bond acceptors (Lipinski definition) is 3. The van der Waals surface area contributed by atoms with Crippen molar-refractivity contribution in [3.63, 3.8) is 0 Å². The van der Waals surface area contributed by atoms with Crippen molar-refractivity contribution >= 4 is 23.2 Å². The number of hydrogen-bond donors (Lipinski definition) is 1. The van der Waals surface area contributed by atoms with Gasteiger partial charge in [-0.2, -0.15) is 13.2 Å². The van der Waals surface area contributed by atoms with E-state index in [1.54, 1.807) is 24.6 Å². The molecule has 1 heterocycles. The lowest BCUT2D eigenvalue weighted by Crippen LogP contribution is -2.48. The molecule has 0 aliphatic rings. The SMILES string of the molecule is CN(Cc1ccc(C(F)(F)F)cc1)C(=O)[C@H](Cc1ccccc1)NC(=O)c1cccs1. The standard InChI is InChI=1S/C23H21F3N2O2S/c1-28(15-17-9-11-18(12-10-17)23(24,25)26)22(30)19(14-16-6-3-2-4-7-16)27-21(29)20-8-5-13-31-20/h2-13,19H,14-15H2,1H3,(H,27,29)/t19-/m0/s1. The molecule has 8 heteroatoms. The molecule has 0 fully saturated rings. The van der Waals surface area contributed by atoms with Gasteiger partial charge in [-0.15, -0.1) is 11.3 Å². The normalized spacial score (nSPS) is 12.3. The van der Waals surface area contributed by atoms with Crippen LogP contribution in [0, 0.1) is 0 Å². The van der Waals surface area contributed by atoms with Gasteiger partial charge in [0.25, 0.3) is 5.91 Å². The molecular weight excluding hydrogens is 425 g/mol. The number of nitrogens with zero attached hydrogens (tertiary/aromatic N) is 1. The van der Waals surface area contributed by atoms with Crippen LogP contribution >= 0.6 is 11.3 Å². The lowest BCUT2D eigenvalue weighted by atomic mass is 10.0. The third kappa shape index (κ3) is 6.18. The highest BCUT2D eigenvalue weighted by atomic mass is 32.1. The van der Waals surface area contributed by atoms with Crippen molar-refractivity contribution in [2.75, 3.05) is 7.05 Å². The lowest BCUT2D eigenvalue weighted by molar-refractivity contribution is -0.137. The highest BCUT2D eigenvalue weighted by Crippen LogP contribution is 2.29. The Balaban J connectivity index is 1.73. The summed E-state index contributed by atoms with van der Waals surface area (Å²) in [5.74, 6) is -0.666. The molecule has 3 aromatic rings. The van der Waals surface area contributed by atoms with Gasteiger partial charge in [0.1, 0.15) is 6.04 Å². The van der Waals surface area contributed by atoms with Gasteiger partial charge in [-0.1, -0.05) is 48.5 Å². The Kier molecular flexibility index (Phi) is 7.12. The van der Waals surface area contributed by atoms with Crippen molar-refractivity contribution in [1.29, 1.82) is 0 Å². The summed E-state index contributed by atoms with van der Waals surface area (Å²) >= 11 is 1.28. The number of amides is 2. The van der Waals surface area contributed by atoms with Crippen molar-refractivity contribution < 1.29 is 22.8 Å². The van der Waals surface area contributed by atoms with Crippen LogP contribution in [-0.4, -0.2) is 29.8 Å². The molecule has 3 rings (SSSR count). The van der Waals surface area contributed by atoms with E-state index in [1.807, 2.05) is 30.3 Å². The molecule has 0 spiro atoms. The van der Waals surface area contributed by atoms with E-state index in [1.165, 1.54) is 28.4 Å². The number of nitrogens with one attached hydrogen (secondary N) is 1. The first kappa shape index (κ1) is 22.6. The predicted octanol–water partition coefficient (Wildman–Crippen LogP) is 4.77. The molecule has 0 bridgehead atoms. The predicted molar refractivity (Wildman–Crippen MR) is 114 cm³/mol. The maximum absolute atomic E-state index is 13.1. The molecule has 0 radical (unpaired) electrons. The highest BCUT2D eigenvalue weighted by Gasteiger charge is 2.30. The van der Waals surface area contributed by atoms with Crippen molar-refractivity contribution in [3.8, 4) is 0 Å². The number of likely N-dealkylation sites (N-methyl/N-ethyl adjacent to an activating group) is 1. The van der Waals surface area contributed by atoms with Crippen LogP contribution in [0.5, 0.6) is 0 Å². The van der Waals surface area contributed by atoms with E-state index < -0.39 is 17.8 Å². The molecule has 31 heavy (non-hydrogen) atoms. The number of thiophene rings is 1. The molecule has 4 nitrogen and oxygen atoms in total. The molecule has 0 saturated carbocycles. The molecule has 1 aromatic heterocycles. The number of halogens is 3. The van der Waals surface area contributed by atoms with Gasteiger partial charge in [0.2, 0.25) is 5.91 Å². The molecule has 0 aliphatic heterocycles. The lowest BCUT2D eigenvalue weighted by Gasteiger charge is -2.25. The minimum Gasteiger partial charge on any atom is -0.340 e. The Morgan fingerprint density at radius 1 is 0.968 bits per heavy atom. The van der Waals surface area contributed by atoms with Crippen LogP contribution in [0.15, 0.2) is 72.1 Å². The quantitative estimate of drug-likeness (QED) is 0.569. The zero-order chi connectivity index (χ0) is 22.4. The summed E-state index contributed by atoms with van der Waals surface area (Å²) in [5, 5.41) is 4.57. The summed E-state index contributed by atoms with van der Waals surface area (Å²) in [7, 11) is 1.56. The van der Waals surface area contributed by atoms with Gasteiger partial charge in [0.05, 0.1) is 10.4 Å². The number of carbonyl (C=O) groups excluding carboxylic acids is 2. The zero-order valence-corrected chi connectivity index (χ0v) is 17.5. The molecule has 1 atom stereocenters. The minimum atomic E-state index is -4.41. The van der Waals surface area contributed by atoms with Gasteiger partial charge in [-0.3, -0.25) is 9.59 Å². The van der Waals surface area contributed by atoms with Gasteiger partial charge in [-0.25, -0.2) is 0 Å². The summed E-state index contributed by atoms with van der Waals surface area (Å²) in [6, 6.07) is 16.6.